The maximum absolute atomic E-state index is 10.7. The van der Waals surface area contributed by atoms with E-state index >= 15 is 0 Å². The number of rotatable bonds is 8. The molecule has 0 heterocycles. The van der Waals surface area contributed by atoms with Crippen molar-refractivity contribution in [1.29, 1.82) is 0 Å². The molecule has 0 saturated heterocycles. The fourth-order valence-corrected chi connectivity index (χ4v) is 4.33. The van der Waals surface area contributed by atoms with Gasteiger partial charge < -0.3 is 15.3 Å². The summed E-state index contributed by atoms with van der Waals surface area (Å²) in [4.78, 5) is 0. The van der Waals surface area contributed by atoms with Gasteiger partial charge in [-0.15, -0.1) is 0 Å². The molecule has 0 bridgehead atoms. The average molecular weight is 349 g/mol. The summed E-state index contributed by atoms with van der Waals surface area (Å²) in [5.74, 6) is 0.985. The van der Waals surface area contributed by atoms with E-state index in [1.54, 1.807) is 0 Å². The lowest BCUT2D eigenvalue weighted by Crippen LogP contribution is -2.27. The van der Waals surface area contributed by atoms with Crippen molar-refractivity contribution in [2.45, 2.75) is 89.6 Å². The van der Waals surface area contributed by atoms with E-state index < -0.39 is 0 Å². The number of aliphatic hydroxyl groups excluding tert-OH is 2. The molecule has 0 aliphatic heterocycles. The molecular weight excluding hydrogens is 312 g/mol. The zero-order valence-electron chi connectivity index (χ0n) is 16.2. The van der Waals surface area contributed by atoms with Gasteiger partial charge in [0.05, 0.1) is 6.10 Å². The molecule has 0 aromatic heterocycles. The monoisotopic (exact) mass is 348 g/mol. The predicted molar refractivity (Wildman–Crippen MR) is 103 cm³/mol. The van der Waals surface area contributed by atoms with E-state index in [1.807, 2.05) is 6.07 Å². The van der Waals surface area contributed by atoms with Gasteiger partial charge in [0.2, 0.25) is 0 Å². The Kier molecular flexibility index (Phi) is 7.33. The summed E-state index contributed by atoms with van der Waals surface area (Å²) in [6.45, 7) is 6.90. The van der Waals surface area contributed by atoms with E-state index in [2.05, 4.69) is 32.9 Å². The molecule has 0 spiro atoms. The van der Waals surface area contributed by atoms with Crippen LogP contribution < -0.4 is 0 Å². The van der Waals surface area contributed by atoms with Crippen LogP contribution in [0.5, 0.6) is 5.75 Å². The highest BCUT2D eigenvalue weighted by atomic mass is 16.3. The summed E-state index contributed by atoms with van der Waals surface area (Å²) in [6.07, 6.45) is 7.46. The van der Waals surface area contributed by atoms with Gasteiger partial charge in [0.15, 0.2) is 0 Å². The van der Waals surface area contributed by atoms with Crippen LogP contribution in [0.25, 0.3) is 0 Å². The third kappa shape index (κ3) is 5.21. The number of benzene rings is 1. The fourth-order valence-electron chi connectivity index (χ4n) is 4.33. The summed E-state index contributed by atoms with van der Waals surface area (Å²) in [5, 5.41) is 30.0. The molecule has 1 aromatic carbocycles. The molecule has 2 rings (SSSR count). The normalized spacial score (nSPS) is 24.4. The minimum absolute atomic E-state index is 0.0639. The second kappa shape index (κ2) is 9.05. The molecule has 0 radical (unpaired) electrons. The average Bonchev–Trinajstić information content (AvgIpc) is 2.59. The summed E-state index contributed by atoms with van der Waals surface area (Å²) in [7, 11) is 0. The van der Waals surface area contributed by atoms with E-state index in [4.69, 9.17) is 5.11 Å². The smallest absolute Gasteiger partial charge is 0.119 e. The van der Waals surface area contributed by atoms with Crippen LogP contribution in [0.3, 0.4) is 0 Å². The van der Waals surface area contributed by atoms with Gasteiger partial charge >= 0.3 is 0 Å². The Labute approximate surface area is 153 Å². The summed E-state index contributed by atoms with van der Waals surface area (Å²) < 4.78 is 0. The van der Waals surface area contributed by atoms with Crippen LogP contribution in [-0.4, -0.2) is 28.0 Å². The SMILES string of the molecule is CCCCC(C)(C)c1ccc([C@@H]2C[C@H](O)CC[C@H]2CCCO)c(O)c1. The Morgan fingerprint density at radius 1 is 1.16 bits per heavy atom. The summed E-state index contributed by atoms with van der Waals surface area (Å²) in [6, 6.07) is 6.18. The number of unbranched alkanes of at least 4 members (excludes halogenated alkanes) is 1. The zero-order valence-corrected chi connectivity index (χ0v) is 16.2. The molecule has 1 aliphatic carbocycles. The van der Waals surface area contributed by atoms with Gasteiger partial charge in [-0.3, -0.25) is 0 Å². The molecular formula is C22H36O3. The molecule has 1 saturated carbocycles. The van der Waals surface area contributed by atoms with Crippen molar-refractivity contribution in [1.82, 2.24) is 0 Å². The van der Waals surface area contributed by atoms with E-state index in [1.165, 1.54) is 18.4 Å². The predicted octanol–water partition coefficient (Wildman–Crippen LogP) is 4.88. The lowest BCUT2D eigenvalue weighted by molar-refractivity contribution is 0.0879. The zero-order chi connectivity index (χ0) is 18.4. The lowest BCUT2D eigenvalue weighted by atomic mass is 9.71. The van der Waals surface area contributed by atoms with Crippen molar-refractivity contribution < 1.29 is 15.3 Å². The van der Waals surface area contributed by atoms with Gasteiger partial charge in [0.1, 0.15) is 5.75 Å². The molecule has 3 atom stereocenters. The fraction of sp³-hybridized carbons (Fsp3) is 0.727. The van der Waals surface area contributed by atoms with E-state index in [9.17, 15) is 10.2 Å². The van der Waals surface area contributed by atoms with E-state index in [0.717, 1.165) is 37.7 Å². The quantitative estimate of drug-likeness (QED) is 0.627. The van der Waals surface area contributed by atoms with Crippen LogP contribution in [0.1, 0.15) is 89.2 Å². The second-order valence-electron chi connectivity index (χ2n) is 8.46. The number of hydrogen-bond acceptors (Lipinski definition) is 3. The van der Waals surface area contributed by atoms with Crippen LogP contribution >= 0.6 is 0 Å². The van der Waals surface area contributed by atoms with Crippen LogP contribution in [0.4, 0.5) is 0 Å². The first-order valence-corrected chi connectivity index (χ1v) is 10.0. The summed E-state index contributed by atoms with van der Waals surface area (Å²) >= 11 is 0. The number of hydrogen-bond donors (Lipinski definition) is 3. The molecule has 1 aromatic rings. The van der Waals surface area contributed by atoms with Gasteiger partial charge in [-0.25, -0.2) is 0 Å². The van der Waals surface area contributed by atoms with Gasteiger partial charge in [-0.2, -0.15) is 0 Å². The van der Waals surface area contributed by atoms with Crippen molar-refractivity contribution in [3.8, 4) is 5.75 Å². The molecule has 1 fully saturated rings. The minimum Gasteiger partial charge on any atom is -0.508 e. The maximum atomic E-state index is 10.7. The van der Waals surface area contributed by atoms with Crippen LogP contribution in [0.15, 0.2) is 18.2 Å². The van der Waals surface area contributed by atoms with Crippen LogP contribution in [0.2, 0.25) is 0 Å². The molecule has 0 unspecified atom stereocenters. The Balaban J connectivity index is 2.22. The largest absolute Gasteiger partial charge is 0.508 e. The number of phenols is 1. The molecule has 3 heteroatoms. The standard InChI is InChI=1S/C22H36O3/c1-4-5-12-22(2,3)17-9-11-19(21(25)14-17)20-15-18(24)10-8-16(20)7-6-13-23/h9,11,14,16,18,20,23-25H,4-8,10,12-13,15H2,1-3H3/t16-,18-,20-/m1/s1. The first-order valence-electron chi connectivity index (χ1n) is 10.0. The Morgan fingerprint density at radius 3 is 2.56 bits per heavy atom. The molecule has 25 heavy (non-hydrogen) atoms. The molecule has 142 valence electrons. The van der Waals surface area contributed by atoms with Gasteiger partial charge in [0, 0.05) is 6.61 Å². The molecule has 3 N–H and O–H groups in total. The highest BCUT2D eigenvalue weighted by molar-refractivity contribution is 5.42. The van der Waals surface area contributed by atoms with E-state index in [-0.39, 0.29) is 24.0 Å². The third-order valence-electron chi connectivity index (χ3n) is 6.07. The van der Waals surface area contributed by atoms with Gasteiger partial charge in [-0.05, 0) is 73.0 Å². The summed E-state index contributed by atoms with van der Waals surface area (Å²) in [5.41, 5.74) is 2.22. The molecule has 1 aliphatic rings. The maximum Gasteiger partial charge on any atom is 0.119 e. The Bertz CT molecular complexity index is 536. The Morgan fingerprint density at radius 2 is 1.92 bits per heavy atom. The lowest BCUT2D eigenvalue weighted by Gasteiger charge is -2.35. The van der Waals surface area contributed by atoms with Crippen molar-refractivity contribution in [2.75, 3.05) is 6.61 Å². The van der Waals surface area contributed by atoms with Crippen molar-refractivity contribution in [3.05, 3.63) is 29.3 Å². The van der Waals surface area contributed by atoms with Gasteiger partial charge in [-0.1, -0.05) is 45.7 Å². The highest BCUT2D eigenvalue weighted by Gasteiger charge is 2.32. The first kappa shape index (κ1) is 20.3. The Hall–Kier alpha value is -1.06. The molecule has 0 amide bonds. The van der Waals surface area contributed by atoms with E-state index in [0.29, 0.717) is 18.1 Å². The van der Waals surface area contributed by atoms with Crippen molar-refractivity contribution >= 4 is 0 Å². The minimum atomic E-state index is -0.282. The highest BCUT2D eigenvalue weighted by Crippen LogP contribution is 2.44. The molecule has 3 nitrogen and oxygen atoms in total. The van der Waals surface area contributed by atoms with Gasteiger partial charge in [0.25, 0.3) is 0 Å². The van der Waals surface area contributed by atoms with Crippen molar-refractivity contribution in [3.63, 3.8) is 0 Å². The second-order valence-corrected chi connectivity index (χ2v) is 8.46. The number of aromatic hydroxyl groups is 1. The number of aliphatic hydroxyl groups is 2. The van der Waals surface area contributed by atoms with Crippen LogP contribution in [-0.2, 0) is 5.41 Å². The first-order chi connectivity index (χ1) is 11.9. The van der Waals surface area contributed by atoms with Crippen LogP contribution in [0, 0.1) is 5.92 Å². The third-order valence-corrected chi connectivity index (χ3v) is 6.07. The number of phenolic OH excluding ortho intramolecular Hbond substituents is 1. The van der Waals surface area contributed by atoms with Crippen molar-refractivity contribution in [2.24, 2.45) is 5.92 Å². The topological polar surface area (TPSA) is 60.7 Å².